The molecule has 30 heavy (non-hydrogen) atoms. The molecular weight excluding hydrogens is 406 g/mol. The van der Waals surface area contributed by atoms with E-state index in [4.69, 9.17) is 4.74 Å². The van der Waals surface area contributed by atoms with Gasteiger partial charge in [0.2, 0.25) is 5.91 Å². The predicted octanol–water partition coefficient (Wildman–Crippen LogP) is 2.35. The maximum Gasteiger partial charge on any atom is 0.263 e. The zero-order valence-electron chi connectivity index (χ0n) is 16.3. The number of amides is 3. The molecule has 0 radical (unpaired) electrons. The monoisotopic (exact) mass is 425 g/mol. The Hall–Kier alpha value is -3.40. The number of benzene rings is 2. The second kappa shape index (κ2) is 8.15. The summed E-state index contributed by atoms with van der Waals surface area (Å²) in [7, 11) is 1.53. The van der Waals surface area contributed by atoms with Gasteiger partial charge in [-0.25, -0.2) is 4.90 Å². The number of thioether (sulfide) groups is 1. The molecule has 0 spiro atoms. The summed E-state index contributed by atoms with van der Waals surface area (Å²) in [4.78, 5) is 40.3. The summed E-state index contributed by atoms with van der Waals surface area (Å²) in [6, 6.07) is 12.1. The summed E-state index contributed by atoms with van der Waals surface area (Å²) in [5.74, 6) is -0.663. The van der Waals surface area contributed by atoms with Gasteiger partial charge in [-0.2, -0.15) is 5.11 Å². The second-order valence-electron chi connectivity index (χ2n) is 6.68. The fraction of sp³-hybridized carbons (Fsp3) is 0.250. The molecule has 0 aliphatic carbocycles. The minimum absolute atomic E-state index is 0.191. The fourth-order valence-corrected chi connectivity index (χ4v) is 3.85. The van der Waals surface area contributed by atoms with Gasteiger partial charge in [-0.15, -0.1) is 11.8 Å². The zero-order chi connectivity index (χ0) is 21.3. The van der Waals surface area contributed by atoms with E-state index < -0.39 is 23.9 Å². The SMILES string of the molecule is COc1ccc(N2C(=O)[C@H]3N=NN(CC(=O)Nc4cccc(SC)c4)[C@H]3C2=O)cc1. The van der Waals surface area contributed by atoms with E-state index in [1.807, 2.05) is 24.5 Å². The lowest BCUT2D eigenvalue weighted by Crippen LogP contribution is -2.43. The molecular formula is C20H19N5O4S. The van der Waals surface area contributed by atoms with Gasteiger partial charge in [-0.1, -0.05) is 11.3 Å². The summed E-state index contributed by atoms with van der Waals surface area (Å²) >= 11 is 1.57. The molecule has 2 aliphatic heterocycles. The molecule has 1 N–H and O–H groups in total. The first-order valence-corrected chi connectivity index (χ1v) is 10.4. The Morgan fingerprint density at radius 3 is 2.63 bits per heavy atom. The molecule has 2 aromatic carbocycles. The Bertz CT molecular complexity index is 1030. The van der Waals surface area contributed by atoms with Gasteiger partial charge in [0.25, 0.3) is 11.8 Å². The summed E-state index contributed by atoms with van der Waals surface area (Å²) in [6.45, 7) is -0.191. The normalized spacial score (nSPS) is 19.9. The van der Waals surface area contributed by atoms with Gasteiger partial charge in [0, 0.05) is 10.6 Å². The van der Waals surface area contributed by atoms with Crippen LogP contribution in [0.2, 0.25) is 0 Å². The number of ether oxygens (including phenoxy) is 1. The first-order valence-electron chi connectivity index (χ1n) is 9.15. The molecule has 2 atom stereocenters. The van der Waals surface area contributed by atoms with Crippen LogP contribution in [0.1, 0.15) is 0 Å². The number of methoxy groups -OCH3 is 1. The summed E-state index contributed by atoms with van der Waals surface area (Å²) in [5.41, 5.74) is 1.07. The van der Waals surface area contributed by atoms with E-state index in [0.29, 0.717) is 17.1 Å². The lowest BCUT2D eigenvalue weighted by atomic mass is 10.1. The van der Waals surface area contributed by atoms with Crippen molar-refractivity contribution in [3.8, 4) is 5.75 Å². The van der Waals surface area contributed by atoms with Gasteiger partial charge in [-0.05, 0) is 48.7 Å². The highest BCUT2D eigenvalue weighted by atomic mass is 32.2. The zero-order valence-corrected chi connectivity index (χ0v) is 17.1. The van der Waals surface area contributed by atoms with E-state index in [1.165, 1.54) is 12.1 Å². The van der Waals surface area contributed by atoms with Crippen LogP contribution in [0.3, 0.4) is 0 Å². The first-order chi connectivity index (χ1) is 14.5. The summed E-state index contributed by atoms with van der Waals surface area (Å²) < 4.78 is 5.11. The van der Waals surface area contributed by atoms with E-state index in [9.17, 15) is 14.4 Å². The molecule has 0 unspecified atom stereocenters. The van der Waals surface area contributed by atoms with Gasteiger partial charge >= 0.3 is 0 Å². The largest absolute Gasteiger partial charge is 0.497 e. The van der Waals surface area contributed by atoms with Crippen LogP contribution in [0.25, 0.3) is 0 Å². The predicted molar refractivity (Wildman–Crippen MR) is 111 cm³/mol. The average Bonchev–Trinajstić information content (AvgIpc) is 3.27. The van der Waals surface area contributed by atoms with Crippen molar-refractivity contribution >= 4 is 40.9 Å². The van der Waals surface area contributed by atoms with Crippen molar-refractivity contribution in [3.05, 3.63) is 48.5 Å². The number of imide groups is 1. The molecule has 0 aromatic heterocycles. The third-order valence-electron chi connectivity index (χ3n) is 4.85. The molecule has 10 heteroatoms. The molecule has 4 rings (SSSR count). The van der Waals surface area contributed by atoms with Gasteiger partial charge in [0.05, 0.1) is 12.8 Å². The smallest absolute Gasteiger partial charge is 0.263 e. The number of nitrogens with zero attached hydrogens (tertiary/aromatic N) is 4. The lowest BCUT2D eigenvalue weighted by Gasteiger charge is -2.20. The number of carbonyl (C=O) groups excluding carboxylic acids is 3. The minimum Gasteiger partial charge on any atom is -0.497 e. The quantitative estimate of drug-likeness (QED) is 0.563. The molecule has 2 heterocycles. The van der Waals surface area contributed by atoms with Crippen LogP contribution >= 0.6 is 11.8 Å². The Morgan fingerprint density at radius 1 is 1.17 bits per heavy atom. The molecule has 0 saturated carbocycles. The average molecular weight is 425 g/mol. The van der Waals surface area contributed by atoms with E-state index >= 15 is 0 Å². The third kappa shape index (κ3) is 3.61. The molecule has 2 aliphatic rings. The van der Waals surface area contributed by atoms with Crippen LogP contribution in [0.4, 0.5) is 11.4 Å². The highest BCUT2D eigenvalue weighted by Gasteiger charge is 2.55. The Kier molecular flexibility index (Phi) is 5.40. The molecule has 1 fully saturated rings. The van der Waals surface area contributed by atoms with Gasteiger partial charge < -0.3 is 10.1 Å². The Balaban J connectivity index is 1.46. The molecule has 1 saturated heterocycles. The Morgan fingerprint density at radius 2 is 1.93 bits per heavy atom. The molecule has 0 bridgehead atoms. The standard InChI is InChI=1S/C20H19N5O4S/c1-29-14-8-6-13(7-9-14)25-19(27)17-18(20(25)28)24(23-22-17)11-16(26)21-12-4-3-5-15(10-12)30-2/h3-10,17-18H,11H2,1-2H3,(H,21,26)/t17-,18+/m0/s1. The second-order valence-corrected chi connectivity index (χ2v) is 7.56. The number of anilines is 2. The van der Waals surface area contributed by atoms with Crippen LogP contribution in [0.15, 0.2) is 63.8 Å². The van der Waals surface area contributed by atoms with Crippen LogP contribution in [-0.4, -0.2) is 54.7 Å². The van der Waals surface area contributed by atoms with Crippen LogP contribution in [0.5, 0.6) is 5.75 Å². The third-order valence-corrected chi connectivity index (χ3v) is 5.57. The van der Waals surface area contributed by atoms with Gasteiger partial charge in [0.15, 0.2) is 12.1 Å². The number of hydrogen-bond acceptors (Lipinski definition) is 8. The van der Waals surface area contributed by atoms with Crippen molar-refractivity contribution in [2.24, 2.45) is 10.3 Å². The van der Waals surface area contributed by atoms with Gasteiger partial charge in [0.1, 0.15) is 12.3 Å². The van der Waals surface area contributed by atoms with Crippen LogP contribution in [-0.2, 0) is 14.4 Å². The van der Waals surface area contributed by atoms with Crippen molar-refractivity contribution in [1.29, 1.82) is 0 Å². The van der Waals surface area contributed by atoms with Crippen molar-refractivity contribution < 1.29 is 19.1 Å². The molecule has 3 amide bonds. The molecule has 154 valence electrons. The number of fused-ring (bicyclic) bond motifs is 1. The Labute approximate surface area is 177 Å². The summed E-state index contributed by atoms with van der Waals surface area (Å²) in [6.07, 6.45) is 1.95. The molecule has 2 aromatic rings. The fourth-order valence-electron chi connectivity index (χ4n) is 3.39. The number of nitrogens with one attached hydrogen (secondary N) is 1. The highest BCUT2D eigenvalue weighted by Crippen LogP contribution is 2.32. The van der Waals surface area contributed by atoms with Crippen LogP contribution in [0, 0.1) is 0 Å². The number of rotatable bonds is 6. The van der Waals surface area contributed by atoms with Crippen molar-refractivity contribution in [2.45, 2.75) is 17.0 Å². The van der Waals surface area contributed by atoms with E-state index in [1.54, 1.807) is 42.1 Å². The van der Waals surface area contributed by atoms with Gasteiger partial charge in [-0.3, -0.25) is 19.4 Å². The van der Waals surface area contributed by atoms with Crippen molar-refractivity contribution in [2.75, 3.05) is 30.1 Å². The van der Waals surface area contributed by atoms with Crippen molar-refractivity contribution in [3.63, 3.8) is 0 Å². The maximum atomic E-state index is 13.0. The maximum absolute atomic E-state index is 13.0. The topological polar surface area (TPSA) is 104 Å². The summed E-state index contributed by atoms with van der Waals surface area (Å²) in [5, 5.41) is 11.9. The van der Waals surface area contributed by atoms with Crippen molar-refractivity contribution in [1.82, 2.24) is 5.01 Å². The molecule has 9 nitrogen and oxygen atoms in total. The highest BCUT2D eigenvalue weighted by molar-refractivity contribution is 7.98. The first kappa shape index (κ1) is 19.9. The lowest BCUT2D eigenvalue weighted by molar-refractivity contribution is -0.123. The minimum atomic E-state index is -0.952. The van der Waals surface area contributed by atoms with Crippen LogP contribution < -0.4 is 15.0 Å². The number of hydrogen-bond donors (Lipinski definition) is 1. The van der Waals surface area contributed by atoms with E-state index in [2.05, 4.69) is 15.7 Å². The van der Waals surface area contributed by atoms with E-state index in [-0.39, 0.29) is 12.5 Å². The number of carbonyl (C=O) groups is 3. The van der Waals surface area contributed by atoms with E-state index in [0.717, 1.165) is 9.80 Å².